The van der Waals surface area contributed by atoms with Gasteiger partial charge in [0.05, 0.1) is 0 Å². The zero-order valence-electron chi connectivity index (χ0n) is 9.84. The fourth-order valence-corrected chi connectivity index (χ4v) is 1.58. The molecule has 94 valence electrons. The van der Waals surface area contributed by atoms with Gasteiger partial charge in [-0.25, -0.2) is 0 Å². The summed E-state index contributed by atoms with van der Waals surface area (Å²) in [6.45, 7) is 2.59. The van der Waals surface area contributed by atoms with Gasteiger partial charge in [0.2, 0.25) is 0 Å². The third kappa shape index (κ3) is 4.48. The molecule has 1 rings (SSSR count). The first-order valence-electron chi connectivity index (χ1n) is 5.20. The molecule has 2 unspecified atom stereocenters. The topological polar surface area (TPSA) is 98.0 Å². The quantitative estimate of drug-likeness (QED) is 0.754. The second kappa shape index (κ2) is 6.29. The Balaban J connectivity index is 2.42. The van der Waals surface area contributed by atoms with Gasteiger partial charge in [-0.15, -0.1) is 10.2 Å². The second-order valence-electron chi connectivity index (χ2n) is 3.69. The Morgan fingerprint density at radius 3 is 2.71 bits per heavy atom. The Morgan fingerprint density at radius 2 is 2.24 bits per heavy atom. The first-order chi connectivity index (χ1) is 8.00. The lowest BCUT2D eigenvalue weighted by molar-refractivity contribution is 0.0994. The van der Waals surface area contributed by atoms with Gasteiger partial charge in [0.1, 0.15) is 5.82 Å². The van der Waals surface area contributed by atoms with Crippen molar-refractivity contribution in [3.05, 3.63) is 17.8 Å². The summed E-state index contributed by atoms with van der Waals surface area (Å²) in [6.07, 6.45) is 2.47. The molecule has 0 aromatic carbocycles. The molecule has 0 aliphatic carbocycles. The minimum Gasteiger partial charge on any atom is -0.369 e. The van der Waals surface area contributed by atoms with E-state index in [4.69, 9.17) is 5.73 Å². The lowest BCUT2D eigenvalue weighted by Crippen LogP contribution is -2.17. The van der Waals surface area contributed by atoms with Crippen LogP contribution in [0.5, 0.6) is 0 Å². The summed E-state index contributed by atoms with van der Waals surface area (Å²) in [5.74, 6) is -0.0249. The van der Waals surface area contributed by atoms with Gasteiger partial charge < -0.3 is 11.1 Å². The van der Waals surface area contributed by atoms with Gasteiger partial charge in [-0.3, -0.25) is 9.00 Å². The predicted molar refractivity (Wildman–Crippen MR) is 67.2 cm³/mol. The van der Waals surface area contributed by atoms with Gasteiger partial charge in [0.15, 0.2) is 5.69 Å². The number of aromatic nitrogens is 2. The van der Waals surface area contributed by atoms with Crippen molar-refractivity contribution in [2.24, 2.45) is 5.73 Å². The number of nitrogens with zero attached hydrogens (tertiary/aromatic N) is 2. The summed E-state index contributed by atoms with van der Waals surface area (Å²) >= 11 is 0. The number of primary amides is 1. The molecule has 1 aromatic heterocycles. The standard InChI is InChI=1S/C10H16N4O2S/c1-7(17(2)16)5-6-12-9-4-3-8(10(11)15)13-14-9/h3-4,7H,5-6H2,1-2H3,(H2,11,15)(H,12,14). The maximum Gasteiger partial charge on any atom is 0.269 e. The molecule has 1 aromatic rings. The lowest BCUT2D eigenvalue weighted by Gasteiger charge is -2.09. The monoisotopic (exact) mass is 256 g/mol. The van der Waals surface area contributed by atoms with Crippen LogP contribution >= 0.6 is 0 Å². The summed E-state index contributed by atoms with van der Waals surface area (Å²) in [4.78, 5) is 10.8. The molecule has 17 heavy (non-hydrogen) atoms. The number of nitrogens with two attached hydrogens (primary N) is 1. The molecular weight excluding hydrogens is 240 g/mol. The normalized spacial score (nSPS) is 14.0. The van der Waals surface area contributed by atoms with Crippen molar-refractivity contribution in [1.29, 1.82) is 0 Å². The average Bonchev–Trinajstić information content (AvgIpc) is 2.29. The SMILES string of the molecule is CC(CCNc1ccc(C(N)=O)nn1)S(C)=O. The van der Waals surface area contributed by atoms with E-state index in [1.807, 2.05) is 6.92 Å². The number of amides is 1. The third-order valence-electron chi connectivity index (χ3n) is 2.34. The van der Waals surface area contributed by atoms with Crippen molar-refractivity contribution in [2.75, 3.05) is 18.1 Å². The van der Waals surface area contributed by atoms with Crippen molar-refractivity contribution < 1.29 is 9.00 Å². The molecule has 2 atom stereocenters. The molecule has 7 heteroatoms. The Bertz CT molecular complexity index is 407. The Hall–Kier alpha value is -1.50. The first kappa shape index (κ1) is 13.6. The van der Waals surface area contributed by atoms with Gasteiger partial charge >= 0.3 is 0 Å². The summed E-state index contributed by atoms with van der Waals surface area (Å²) < 4.78 is 11.1. The molecule has 0 bridgehead atoms. The number of rotatable bonds is 6. The molecule has 0 fully saturated rings. The van der Waals surface area contributed by atoms with Crippen molar-refractivity contribution in [2.45, 2.75) is 18.6 Å². The summed E-state index contributed by atoms with van der Waals surface area (Å²) in [5.41, 5.74) is 5.18. The number of hydrogen-bond acceptors (Lipinski definition) is 5. The number of carbonyl (C=O) groups excluding carboxylic acids is 1. The highest BCUT2D eigenvalue weighted by Crippen LogP contribution is 2.04. The number of anilines is 1. The molecule has 0 aliphatic rings. The average molecular weight is 256 g/mol. The van der Waals surface area contributed by atoms with Gasteiger partial charge in [-0.2, -0.15) is 0 Å². The molecule has 1 amide bonds. The Kier molecular flexibility index (Phi) is 5.02. The maximum atomic E-state index is 11.1. The second-order valence-corrected chi connectivity index (χ2v) is 5.49. The fourth-order valence-electron chi connectivity index (χ4n) is 1.13. The predicted octanol–water partition coefficient (Wildman–Crippen LogP) is 0.144. The lowest BCUT2D eigenvalue weighted by atomic mass is 10.3. The van der Waals surface area contributed by atoms with Crippen LogP contribution in [0.4, 0.5) is 5.82 Å². The van der Waals surface area contributed by atoms with Crippen LogP contribution in [0.2, 0.25) is 0 Å². The van der Waals surface area contributed by atoms with Gasteiger partial charge in [0.25, 0.3) is 5.91 Å². The minimum atomic E-state index is -0.815. The van der Waals surface area contributed by atoms with Crippen molar-refractivity contribution in [3.8, 4) is 0 Å². The van der Waals surface area contributed by atoms with Crippen LogP contribution in [-0.4, -0.2) is 38.4 Å². The van der Waals surface area contributed by atoms with E-state index in [2.05, 4.69) is 15.5 Å². The number of carbonyl (C=O) groups is 1. The highest BCUT2D eigenvalue weighted by atomic mass is 32.2. The van der Waals surface area contributed by atoms with Gasteiger partial charge in [-0.1, -0.05) is 6.92 Å². The molecule has 0 saturated heterocycles. The zero-order valence-corrected chi connectivity index (χ0v) is 10.7. The van der Waals surface area contributed by atoms with E-state index in [9.17, 15) is 9.00 Å². The number of hydrogen-bond donors (Lipinski definition) is 2. The molecule has 0 spiro atoms. The van der Waals surface area contributed by atoms with E-state index in [1.54, 1.807) is 12.3 Å². The molecular formula is C10H16N4O2S. The van der Waals surface area contributed by atoms with Crippen LogP contribution in [-0.2, 0) is 10.8 Å². The van der Waals surface area contributed by atoms with E-state index < -0.39 is 16.7 Å². The highest BCUT2D eigenvalue weighted by Gasteiger charge is 2.06. The Morgan fingerprint density at radius 1 is 1.53 bits per heavy atom. The van der Waals surface area contributed by atoms with Gasteiger partial charge in [0, 0.05) is 28.9 Å². The molecule has 0 radical (unpaired) electrons. The van der Waals surface area contributed by atoms with E-state index in [-0.39, 0.29) is 10.9 Å². The minimum absolute atomic E-state index is 0.138. The molecule has 3 N–H and O–H groups in total. The molecule has 0 saturated carbocycles. The Labute approximate surface area is 102 Å². The van der Waals surface area contributed by atoms with Crippen LogP contribution in [0, 0.1) is 0 Å². The molecule has 0 aliphatic heterocycles. The van der Waals surface area contributed by atoms with Crippen molar-refractivity contribution in [1.82, 2.24) is 10.2 Å². The first-order valence-corrected chi connectivity index (χ1v) is 6.82. The summed E-state index contributed by atoms with van der Waals surface area (Å²) in [5, 5.41) is 10.6. The number of nitrogens with one attached hydrogen (secondary N) is 1. The van der Waals surface area contributed by atoms with Crippen LogP contribution in [0.3, 0.4) is 0 Å². The summed E-state index contributed by atoms with van der Waals surface area (Å²) in [7, 11) is -0.815. The zero-order chi connectivity index (χ0) is 12.8. The van der Waals surface area contributed by atoms with Crippen LogP contribution in [0.25, 0.3) is 0 Å². The smallest absolute Gasteiger partial charge is 0.269 e. The van der Waals surface area contributed by atoms with E-state index in [0.29, 0.717) is 12.4 Å². The van der Waals surface area contributed by atoms with E-state index in [1.165, 1.54) is 6.07 Å². The van der Waals surface area contributed by atoms with Crippen LogP contribution < -0.4 is 11.1 Å². The van der Waals surface area contributed by atoms with Crippen LogP contribution in [0.1, 0.15) is 23.8 Å². The molecule has 1 heterocycles. The van der Waals surface area contributed by atoms with E-state index in [0.717, 1.165) is 6.42 Å². The third-order valence-corrected chi connectivity index (χ3v) is 3.71. The van der Waals surface area contributed by atoms with Gasteiger partial charge in [-0.05, 0) is 18.6 Å². The summed E-state index contributed by atoms with van der Waals surface area (Å²) in [6, 6.07) is 3.15. The van der Waals surface area contributed by atoms with E-state index >= 15 is 0 Å². The van der Waals surface area contributed by atoms with Crippen molar-refractivity contribution >= 4 is 22.5 Å². The largest absolute Gasteiger partial charge is 0.369 e. The molecule has 6 nitrogen and oxygen atoms in total. The van der Waals surface area contributed by atoms with Crippen LogP contribution in [0.15, 0.2) is 12.1 Å². The van der Waals surface area contributed by atoms with Crippen molar-refractivity contribution in [3.63, 3.8) is 0 Å². The maximum absolute atomic E-state index is 11.1. The highest BCUT2D eigenvalue weighted by molar-refractivity contribution is 7.84. The fraction of sp³-hybridized carbons (Fsp3) is 0.500.